The molecule has 7 rings (SSSR count). The van der Waals surface area contributed by atoms with E-state index in [1.165, 1.54) is 25.7 Å². The van der Waals surface area contributed by atoms with Crippen LogP contribution in [0.2, 0.25) is 0 Å². The number of aromatic nitrogens is 2. The van der Waals surface area contributed by atoms with E-state index in [1.54, 1.807) is 0 Å². The fourth-order valence-electron chi connectivity index (χ4n) is 7.67. The molecule has 8 nitrogen and oxygen atoms in total. The van der Waals surface area contributed by atoms with Gasteiger partial charge in [-0.25, -0.2) is 0 Å². The zero-order valence-electron chi connectivity index (χ0n) is 18.0. The zero-order valence-corrected chi connectivity index (χ0v) is 18.0. The number of hydrogen-bond donors (Lipinski definition) is 3. The molecule has 31 heavy (non-hydrogen) atoms. The fraction of sp³-hybridized carbons (Fsp3) is 0.783. The third-order valence-corrected chi connectivity index (χ3v) is 9.18. The number of carboxylic acids is 1. The number of carbonyl (C=O) groups is 1. The molecule has 0 amide bonds. The van der Waals surface area contributed by atoms with E-state index >= 15 is 0 Å². The van der Waals surface area contributed by atoms with Crippen LogP contribution in [0.3, 0.4) is 0 Å². The maximum absolute atomic E-state index is 11.3. The molecule has 168 valence electrons. The van der Waals surface area contributed by atoms with Gasteiger partial charge in [-0.05, 0) is 80.0 Å². The number of hydrogen-bond acceptors (Lipinski definition) is 7. The summed E-state index contributed by atoms with van der Waals surface area (Å²) in [7, 11) is 0. The maximum atomic E-state index is 11.3. The predicted molar refractivity (Wildman–Crippen MR) is 116 cm³/mol. The van der Waals surface area contributed by atoms with Crippen LogP contribution < -0.4 is 20.7 Å². The first-order valence-corrected chi connectivity index (χ1v) is 12.0. The van der Waals surface area contributed by atoms with Crippen LogP contribution in [0.4, 0.5) is 11.8 Å². The Morgan fingerprint density at radius 1 is 1.23 bits per heavy atom. The SMILES string of the molecule is Nc1nc(OCC2C3CC4CC(C3)C2C4)cc(N2CCC3(CC2)CN[C@H](C(=O)O)C3)n1. The fourth-order valence-corrected chi connectivity index (χ4v) is 7.67. The first-order chi connectivity index (χ1) is 15.0. The number of rotatable bonds is 5. The van der Waals surface area contributed by atoms with Crippen molar-refractivity contribution in [3.63, 3.8) is 0 Å². The molecule has 8 heteroatoms. The number of ether oxygens (including phenoxy) is 1. The lowest BCUT2D eigenvalue weighted by molar-refractivity contribution is -0.139. The summed E-state index contributed by atoms with van der Waals surface area (Å²) in [6.07, 6.45) is 8.27. The van der Waals surface area contributed by atoms with Gasteiger partial charge in [-0.3, -0.25) is 4.79 Å². The number of nitrogens with zero attached hydrogens (tertiary/aromatic N) is 3. The van der Waals surface area contributed by atoms with Crippen molar-refractivity contribution >= 4 is 17.7 Å². The van der Waals surface area contributed by atoms with Crippen LogP contribution in [0.1, 0.15) is 44.9 Å². The lowest BCUT2D eigenvalue weighted by Crippen LogP contribution is -2.41. The summed E-state index contributed by atoms with van der Waals surface area (Å²) in [6.45, 7) is 3.23. The molecule has 1 spiro atoms. The molecule has 1 aromatic rings. The summed E-state index contributed by atoms with van der Waals surface area (Å²) in [5, 5.41) is 12.5. The Labute approximate surface area is 182 Å². The summed E-state index contributed by atoms with van der Waals surface area (Å²) in [6, 6.07) is 1.52. The van der Waals surface area contributed by atoms with E-state index in [4.69, 9.17) is 10.5 Å². The third kappa shape index (κ3) is 3.43. The van der Waals surface area contributed by atoms with E-state index in [9.17, 15) is 9.90 Å². The van der Waals surface area contributed by atoms with Crippen molar-refractivity contribution in [3.8, 4) is 5.88 Å². The van der Waals surface area contributed by atoms with Crippen molar-refractivity contribution < 1.29 is 14.6 Å². The van der Waals surface area contributed by atoms with Gasteiger partial charge in [-0.1, -0.05) is 0 Å². The summed E-state index contributed by atoms with van der Waals surface area (Å²) < 4.78 is 6.21. The van der Waals surface area contributed by atoms with Crippen molar-refractivity contribution in [2.24, 2.45) is 35.0 Å². The van der Waals surface area contributed by atoms with Crippen molar-refractivity contribution in [3.05, 3.63) is 6.07 Å². The van der Waals surface area contributed by atoms with Gasteiger partial charge in [0.05, 0.1) is 6.61 Å². The molecule has 4 saturated carbocycles. The standard InChI is InChI=1S/C23H33N5O3/c24-22-26-19(28-3-1-23(2-4-28)10-18(21(29)30)25-12-23)9-20(27-22)31-11-17-15-6-13-5-14(8-15)16(17)7-13/h9,13-18,25H,1-8,10-12H2,(H,29,30)(H2,24,26,27)/t13?,14?,15?,16?,17?,18-/m0/s1. The van der Waals surface area contributed by atoms with Gasteiger partial charge in [0.25, 0.3) is 0 Å². The molecular weight excluding hydrogens is 394 g/mol. The number of piperidine rings is 1. The maximum Gasteiger partial charge on any atom is 0.320 e. The van der Waals surface area contributed by atoms with Crippen molar-refractivity contribution in [2.45, 2.75) is 51.0 Å². The number of anilines is 2. The Balaban J connectivity index is 1.09. The number of carboxylic acid groups (broad SMARTS) is 1. The second kappa shape index (κ2) is 7.22. The number of nitrogens with one attached hydrogen (secondary N) is 1. The van der Waals surface area contributed by atoms with Crippen LogP contribution in [0.25, 0.3) is 0 Å². The lowest BCUT2D eigenvalue weighted by Gasteiger charge is -2.39. The largest absolute Gasteiger partial charge is 0.480 e. The van der Waals surface area contributed by atoms with Gasteiger partial charge in [0.2, 0.25) is 11.8 Å². The third-order valence-electron chi connectivity index (χ3n) is 9.18. The number of aliphatic carboxylic acids is 1. The molecule has 4 bridgehead atoms. The number of nitrogen functional groups attached to an aromatic ring is 1. The van der Waals surface area contributed by atoms with E-state index < -0.39 is 12.0 Å². The van der Waals surface area contributed by atoms with E-state index in [1.807, 2.05) is 6.07 Å². The highest BCUT2D eigenvalue weighted by Gasteiger charge is 2.53. The van der Waals surface area contributed by atoms with Gasteiger partial charge < -0.3 is 25.8 Å². The minimum absolute atomic E-state index is 0.0817. The molecule has 5 unspecified atom stereocenters. The highest BCUT2D eigenvalue weighted by atomic mass is 16.5. The Morgan fingerprint density at radius 2 is 2.03 bits per heavy atom. The molecule has 0 radical (unpaired) electrons. The Hall–Kier alpha value is -2.09. The Morgan fingerprint density at radius 3 is 2.77 bits per heavy atom. The smallest absolute Gasteiger partial charge is 0.320 e. The normalized spacial score (nSPS) is 37.6. The first kappa shape index (κ1) is 19.6. The molecular formula is C23H33N5O3. The molecule has 6 atom stereocenters. The topological polar surface area (TPSA) is 114 Å². The minimum Gasteiger partial charge on any atom is -0.480 e. The van der Waals surface area contributed by atoms with E-state index in [0.717, 1.165) is 68.6 Å². The summed E-state index contributed by atoms with van der Waals surface area (Å²) in [5.41, 5.74) is 6.12. The minimum atomic E-state index is -0.742. The second-order valence-electron chi connectivity index (χ2n) is 10.9. The molecule has 4 aliphatic carbocycles. The molecule has 4 N–H and O–H groups in total. The Bertz CT molecular complexity index is 867. The monoisotopic (exact) mass is 427 g/mol. The summed E-state index contributed by atoms with van der Waals surface area (Å²) >= 11 is 0. The van der Waals surface area contributed by atoms with E-state index in [0.29, 0.717) is 18.2 Å². The van der Waals surface area contributed by atoms with Gasteiger partial charge in [-0.15, -0.1) is 0 Å². The zero-order chi connectivity index (χ0) is 21.2. The molecule has 6 aliphatic rings. The van der Waals surface area contributed by atoms with Crippen LogP contribution in [0, 0.1) is 35.0 Å². The van der Waals surface area contributed by atoms with E-state index in [2.05, 4.69) is 20.2 Å². The van der Waals surface area contributed by atoms with Crippen molar-refractivity contribution in [1.82, 2.24) is 15.3 Å². The quantitative estimate of drug-likeness (QED) is 0.655. The van der Waals surface area contributed by atoms with Gasteiger partial charge in [0, 0.05) is 25.7 Å². The van der Waals surface area contributed by atoms with Crippen molar-refractivity contribution in [2.75, 3.05) is 36.9 Å². The average molecular weight is 428 g/mol. The van der Waals surface area contributed by atoms with Crippen LogP contribution in [-0.4, -0.2) is 53.3 Å². The molecule has 2 aliphatic heterocycles. The number of nitrogens with two attached hydrogens (primary N) is 1. The van der Waals surface area contributed by atoms with Crippen LogP contribution >= 0.6 is 0 Å². The first-order valence-electron chi connectivity index (χ1n) is 12.0. The summed E-state index contributed by atoms with van der Waals surface area (Å²) in [4.78, 5) is 22.4. The van der Waals surface area contributed by atoms with Gasteiger partial charge in [-0.2, -0.15) is 9.97 Å². The van der Waals surface area contributed by atoms with Crippen LogP contribution in [0.15, 0.2) is 6.07 Å². The second-order valence-corrected chi connectivity index (χ2v) is 10.9. The van der Waals surface area contributed by atoms with Crippen LogP contribution in [0.5, 0.6) is 5.88 Å². The molecule has 2 saturated heterocycles. The van der Waals surface area contributed by atoms with E-state index in [-0.39, 0.29) is 11.4 Å². The highest BCUT2D eigenvalue weighted by molar-refractivity contribution is 5.74. The van der Waals surface area contributed by atoms with Gasteiger partial charge in [0.1, 0.15) is 11.9 Å². The molecule has 3 heterocycles. The Kier molecular flexibility index (Phi) is 4.56. The molecule has 6 fully saturated rings. The summed E-state index contributed by atoms with van der Waals surface area (Å²) in [5.74, 6) is 5.23. The molecule has 1 aromatic heterocycles. The lowest BCUT2D eigenvalue weighted by atomic mass is 9.76. The van der Waals surface area contributed by atoms with Crippen LogP contribution in [-0.2, 0) is 4.79 Å². The molecule has 0 aromatic carbocycles. The van der Waals surface area contributed by atoms with Crippen molar-refractivity contribution in [1.29, 1.82) is 0 Å². The van der Waals surface area contributed by atoms with Gasteiger partial charge in [0.15, 0.2) is 0 Å². The highest BCUT2D eigenvalue weighted by Crippen LogP contribution is 2.60. The average Bonchev–Trinajstić information content (AvgIpc) is 3.36. The van der Waals surface area contributed by atoms with Gasteiger partial charge >= 0.3 is 5.97 Å². The predicted octanol–water partition coefficient (Wildman–Crippen LogP) is 2.15.